The molecule has 1 unspecified atom stereocenters. The molecular weight excluding hydrogens is 192 g/mol. The van der Waals surface area contributed by atoms with E-state index >= 15 is 0 Å². The second-order valence-corrected chi connectivity index (χ2v) is 4.32. The molecule has 2 rings (SSSR count). The van der Waals surface area contributed by atoms with E-state index in [1.807, 2.05) is 6.33 Å². The van der Waals surface area contributed by atoms with E-state index in [1.54, 1.807) is 13.1 Å². The van der Waals surface area contributed by atoms with Crippen LogP contribution in [0.2, 0.25) is 0 Å². The number of aliphatic carboxylic acids is 1. The predicted octanol–water partition coefficient (Wildman–Crippen LogP) is 1.87. The third-order valence-electron chi connectivity index (χ3n) is 3.15. The third kappa shape index (κ3) is 2.03. The molecule has 1 aromatic heterocycles. The summed E-state index contributed by atoms with van der Waals surface area (Å²) in [5.74, 6) is -1.07. The Labute approximate surface area is 88.9 Å². The van der Waals surface area contributed by atoms with Gasteiger partial charge in [-0.2, -0.15) is 0 Å². The van der Waals surface area contributed by atoms with Crippen LogP contribution in [0.4, 0.5) is 0 Å². The third-order valence-corrected chi connectivity index (χ3v) is 3.15. The maximum atomic E-state index is 10.8. The number of nitrogens with zero attached hydrogens (tertiary/aromatic N) is 2. The Kier molecular flexibility index (Phi) is 2.75. The van der Waals surface area contributed by atoms with E-state index < -0.39 is 5.97 Å². The van der Waals surface area contributed by atoms with Crippen molar-refractivity contribution in [3.63, 3.8) is 0 Å². The molecule has 0 saturated heterocycles. The average molecular weight is 208 g/mol. The first-order valence-electron chi connectivity index (χ1n) is 5.42. The number of hydrogen-bond donors (Lipinski definition) is 1. The van der Waals surface area contributed by atoms with Crippen molar-refractivity contribution in [1.29, 1.82) is 0 Å². The SMILES string of the molecule is CC(Cc1cncn1C1CCC1)C(=O)O. The number of carbonyl (C=O) groups is 1. The maximum absolute atomic E-state index is 10.8. The Balaban J connectivity index is 2.07. The lowest BCUT2D eigenvalue weighted by Crippen LogP contribution is -2.21. The summed E-state index contributed by atoms with van der Waals surface area (Å²) >= 11 is 0. The monoisotopic (exact) mass is 208 g/mol. The zero-order valence-electron chi connectivity index (χ0n) is 8.89. The predicted molar refractivity (Wildman–Crippen MR) is 55.6 cm³/mol. The highest BCUT2D eigenvalue weighted by Gasteiger charge is 2.22. The Hall–Kier alpha value is -1.32. The Morgan fingerprint density at radius 3 is 3.00 bits per heavy atom. The van der Waals surface area contributed by atoms with Gasteiger partial charge in [0.1, 0.15) is 0 Å². The van der Waals surface area contributed by atoms with Crippen LogP contribution in [-0.4, -0.2) is 20.6 Å². The summed E-state index contributed by atoms with van der Waals surface area (Å²) in [4.78, 5) is 14.9. The van der Waals surface area contributed by atoms with Gasteiger partial charge in [-0.3, -0.25) is 4.79 Å². The molecular formula is C11H16N2O2. The minimum atomic E-state index is -0.739. The lowest BCUT2D eigenvalue weighted by molar-refractivity contribution is -0.141. The highest BCUT2D eigenvalue weighted by atomic mass is 16.4. The molecule has 1 atom stereocenters. The van der Waals surface area contributed by atoms with Gasteiger partial charge in [-0.1, -0.05) is 6.92 Å². The molecule has 0 spiro atoms. The smallest absolute Gasteiger partial charge is 0.306 e. The van der Waals surface area contributed by atoms with Crippen LogP contribution in [-0.2, 0) is 11.2 Å². The highest BCUT2D eigenvalue weighted by Crippen LogP contribution is 2.32. The van der Waals surface area contributed by atoms with Crippen LogP contribution < -0.4 is 0 Å². The summed E-state index contributed by atoms with van der Waals surface area (Å²) in [6.07, 6.45) is 7.86. The zero-order valence-corrected chi connectivity index (χ0v) is 8.89. The van der Waals surface area contributed by atoms with Crippen molar-refractivity contribution in [2.45, 2.75) is 38.6 Å². The quantitative estimate of drug-likeness (QED) is 0.821. The van der Waals surface area contributed by atoms with E-state index in [2.05, 4.69) is 9.55 Å². The fourth-order valence-corrected chi connectivity index (χ4v) is 1.88. The second kappa shape index (κ2) is 4.04. The van der Waals surface area contributed by atoms with Gasteiger partial charge in [0.25, 0.3) is 0 Å². The van der Waals surface area contributed by atoms with E-state index in [0.29, 0.717) is 12.5 Å². The molecule has 0 aliphatic heterocycles. The molecule has 1 fully saturated rings. The molecule has 0 bridgehead atoms. The van der Waals surface area contributed by atoms with Crippen molar-refractivity contribution in [3.05, 3.63) is 18.2 Å². The second-order valence-electron chi connectivity index (χ2n) is 4.32. The topological polar surface area (TPSA) is 55.1 Å². The van der Waals surface area contributed by atoms with Crippen molar-refractivity contribution in [2.24, 2.45) is 5.92 Å². The Morgan fingerprint density at radius 2 is 2.47 bits per heavy atom. The maximum Gasteiger partial charge on any atom is 0.306 e. The number of carboxylic acid groups (broad SMARTS) is 1. The fraction of sp³-hybridized carbons (Fsp3) is 0.636. The van der Waals surface area contributed by atoms with Gasteiger partial charge in [-0.05, 0) is 19.3 Å². The summed E-state index contributed by atoms with van der Waals surface area (Å²) in [6.45, 7) is 1.74. The average Bonchev–Trinajstić information content (AvgIpc) is 2.50. The van der Waals surface area contributed by atoms with Crippen molar-refractivity contribution in [2.75, 3.05) is 0 Å². The van der Waals surface area contributed by atoms with Crippen LogP contribution in [0, 0.1) is 5.92 Å². The summed E-state index contributed by atoms with van der Waals surface area (Å²) < 4.78 is 2.14. The minimum Gasteiger partial charge on any atom is -0.481 e. The number of aromatic nitrogens is 2. The van der Waals surface area contributed by atoms with Crippen molar-refractivity contribution in [1.82, 2.24) is 9.55 Å². The molecule has 0 amide bonds. The number of carboxylic acids is 1. The zero-order chi connectivity index (χ0) is 10.8. The molecule has 82 valence electrons. The lowest BCUT2D eigenvalue weighted by Gasteiger charge is -2.28. The first-order chi connectivity index (χ1) is 7.18. The van der Waals surface area contributed by atoms with E-state index in [0.717, 1.165) is 5.69 Å². The molecule has 1 heterocycles. The number of imidazole rings is 1. The largest absolute Gasteiger partial charge is 0.481 e. The van der Waals surface area contributed by atoms with Gasteiger partial charge in [-0.15, -0.1) is 0 Å². The molecule has 0 aromatic carbocycles. The van der Waals surface area contributed by atoms with Crippen molar-refractivity contribution in [3.8, 4) is 0 Å². The Morgan fingerprint density at radius 1 is 1.73 bits per heavy atom. The van der Waals surface area contributed by atoms with Crippen molar-refractivity contribution < 1.29 is 9.90 Å². The van der Waals surface area contributed by atoms with Gasteiger partial charge in [0.05, 0.1) is 12.2 Å². The molecule has 4 heteroatoms. The van der Waals surface area contributed by atoms with Crippen LogP contribution in [0.5, 0.6) is 0 Å². The molecule has 1 aromatic rings. The van der Waals surface area contributed by atoms with Crippen molar-refractivity contribution >= 4 is 5.97 Å². The Bertz CT molecular complexity index is 355. The van der Waals surface area contributed by atoms with Gasteiger partial charge in [0.15, 0.2) is 0 Å². The lowest BCUT2D eigenvalue weighted by atomic mass is 9.92. The molecule has 1 aliphatic carbocycles. The summed E-state index contributed by atoms with van der Waals surface area (Å²) in [6, 6.07) is 0.559. The number of hydrogen-bond acceptors (Lipinski definition) is 2. The molecule has 1 aliphatic rings. The number of rotatable bonds is 4. The molecule has 1 saturated carbocycles. The van der Waals surface area contributed by atoms with Gasteiger partial charge in [0, 0.05) is 24.4 Å². The van der Waals surface area contributed by atoms with Crippen LogP contribution in [0.15, 0.2) is 12.5 Å². The van der Waals surface area contributed by atoms with Gasteiger partial charge in [0.2, 0.25) is 0 Å². The first-order valence-corrected chi connectivity index (χ1v) is 5.42. The van der Waals surface area contributed by atoms with E-state index in [1.165, 1.54) is 19.3 Å². The van der Waals surface area contributed by atoms with Gasteiger partial charge >= 0.3 is 5.97 Å². The van der Waals surface area contributed by atoms with Crippen LogP contribution in [0.3, 0.4) is 0 Å². The normalized spacial score (nSPS) is 18.5. The molecule has 1 N–H and O–H groups in total. The van der Waals surface area contributed by atoms with Gasteiger partial charge < -0.3 is 9.67 Å². The minimum absolute atomic E-state index is 0.333. The van der Waals surface area contributed by atoms with E-state index in [4.69, 9.17) is 5.11 Å². The van der Waals surface area contributed by atoms with Crippen LogP contribution in [0.25, 0.3) is 0 Å². The van der Waals surface area contributed by atoms with E-state index in [9.17, 15) is 4.79 Å². The summed E-state index contributed by atoms with van der Waals surface area (Å²) in [7, 11) is 0. The molecule has 0 radical (unpaired) electrons. The van der Waals surface area contributed by atoms with E-state index in [-0.39, 0.29) is 5.92 Å². The summed E-state index contributed by atoms with van der Waals surface area (Å²) in [5, 5.41) is 8.85. The first kappa shape index (κ1) is 10.2. The highest BCUT2D eigenvalue weighted by molar-refractivity contribution is 5.69. The fourth-order valence-electron chi connectivity index (χ4n) is 1.88. The van der Waals surface area contributed by atoms with Gasteiger partial charge in [-0.25, -0.2) is 4.98 Å². The standard InChI is InChI=1S/C11H16N2O2/c1-8(11(14)15)5-10-6-12-7-13(10)9-3-2-4-9/h6-9H,2-5H2,1H3,(H,14,15). The molecule has 4 nitrogen and oxygen atoms in total. The summed E-state index contributed by atoms with van der Waals surface area (Å²) in [5.41, 5.74) is 1.05. The van der Waals surface area contributed by atoms with Crippen LogP contribution in [0.1, 0.15) is 37.9 Å². The molecule has 15 heavy (non-hydrogen) atoms. The van der Waals surface area contributed by atoms with Crippen LogP contribution >= 0.6 is 0 Å².